The Balaban J connectivity index is 1.73. The van der Waals surface area contributed by atoms with Crippen LogP contribution in [0.25, 0.3) is 10.8 Å². The Morgan fingerprint density at radius 2 is 1.81 bits per heavy atom. The lowest BCUT2D eigenvalue weighted by Crippen LogP contribution is -2.24. The van der Waals surface area contributed by atoms with E-state index in [1.807, 2.05) is 6.07 Å². The third-order valence-corrected chi connectivity index (χ3v) is 6.21. The molecule has 1 fully saturated rings. The Morgan fingerprint density at radius 3 is 2.50 bits per heavy atom. The number of ether oxygens (including phenoxy) is 1. The molecule has 0 unspecified atom stereocenters. The molecule has 2 aromatic rings. The Morgan fingerprint density at radius 1 is 1.06 bits per heavy atom. The number of hydrogen-bond acceptors (Lipinski definition) is 3. The molecule has 4 nitrogen and oxygen atoms in total. The lowest BCUT2D eigenvalue weighted by atomic mass is 9.89. The van der Waals surface area contributed by atoms with Crippen molar-refractivity contribution in [1.82, 2.24) is 5.32 Å². The van der Waals surface area contributed by atoms with E-state index in [0.717, 1.165) is 44.1 Å². The highest BCUT2D eigenvalue weighted by atomic mass is 19.4. The van der Waals surface area contributed by atoms with Gasteiger partial charge in [-0.15, -0.1) is 0 Å². The van der Waals surface area contributed by atoms with Gasteiger partial charge in [-0.3, -0.25) is 4.79 Å². The largest absolute Gasteiger partial charge is 0.490 e. The van der Waals surface area contributed by atoms with Crippen LogP contribution in [0.3, 0.4) is 0 Å². The Bertz CT molecular complexity index is 905. The first-order chi connectivity index (χ1) is 15.3. The molecule has 176 valence electrons. The summed E-state index contributed by atoms with van der Waals surface area (Å²) in [5, 5.41) is 12.7. The van der Waals surface area contributed by atoms with E-state index in [4.69, 9.17) is 9.84 Å². The molecule has 0 heterocycles. The fourth-order valence-electron chi connectivity index (χ4n) is 4.40. The fraction of sp³-hybridized carbons (Fsp3) is 0.560. The van der Waals surface area contributed by atoms with E-state index in [2.05, 4.69) is 12.2 Å². The minimum Gasteiger partial charge on any atom is -0.490 e. The van der Waals surface area contributed by atoms with E-state index in [1.54, 1.807) is 12.1 Å². The maximum atomic E-state index is 14.1. The number of alkyl halides is 3. The van der Waals surface area contributed by atoms with Crippen LogP contribution in [-0.2, 0) is 17.5 Å². The zero-order valence-corrected chi connectivity index (χ0v) is 18.5. The number of rotatable bonds is 10. The van der Waals surface area contributed by atoms with Crippen LogP contribution >= 0.6 is 0 Å². The molecular formula is C25H32F3NO3. The second-order valence-corrected chi connectivity index (χ2v) is 8.83. The molecule has 0 radical (unpaired) electrons. The molecule has 0 aromatic heterocycles. The molecule has 0 atom stereocenters. The molecule has 1 saturated carbocycles. The van der Waals surface area contributed by atoms with Crippen LogP contribution in [0.4, 0.5) is 13.2 Å². The molecule has 1 aliphatic rings. The minimum absolute atomic E-state index is 0.0758. The average molecular weight is 452 g/mol. The van der Waals surface area contributed by atoms with Crippen LogP contribution in [0.5, 0.6) is 5.75 Å². The van der Waals surface area contributed by atoms with Gasteiger partial charge < -0.3 is 15.2 Å². The normalized spacial score (nSPS) is 19.2. The molecule has 0 amide bonds. The van der Waals surface area contributed by atoms with E-state index in [9.17, 15) is 18.0 Å². The summed E-state index contributed by atoms with van der Waals surface area (Å²) in [5.74, 6) is -0.274. The number of carboxylic acids is 1. The quantitative estimate of drug-likeness (QED) is 0.402. The number of aliphatic carboxylic acids is 1. The van der Waals surface area contributed by atoms with Gasteiger partial charge >= 0.3 is 12.1 Å². The van der Waals surface area contributed by atoms with Gasteiger partial charge in [0.05, 0.1) is 6.10 Å². The van der Waals surface area contributed by atoms with E-state index < -0.39 is 17.7 Å². The smallest absolute Gasteiger partial charge is 0.420 e. The first-order valence-electron chi connectivity index (χ1n) is 11.5. The predicted molar refractivity (Wildman–Crippen MR) is 119 cm³/mol. The second-order valence-electron chi connectivity index (χ2n) is 8.83. The van der Waals surface area contributed by atoms with E-state index in [0.29, 0.717) is 30.8 Å². The molecule has 2 aromatic carbocycles. The van der Waals surface area contributed by atoms with Gasteiger partial charge in [0.2, 0.25) is 0 Å². The van der Waals surface area contributed by atoms with E-state index in [-0.39, 0.29) is 23.7 Å². The van der Waals surface area contributed by atoms with Crippen molar-refractivity contribution in [2.75, 3.05) is 6.54 Å². The minimum atomic E-state index is -4.51. The Hall–Kier alpha value is -2.28. The van der Waals surface area contributed by atoms with Gasteiger partial charge in [-0.1, -0.05) is 37.6 Å². The highest BCUT2D eigenvalue weighted by molar-refractivity contribution is 5.91. The molecule has 3 rings (SSSR count). The average Bonchev–Trinajstić information content (AvgIpc) is 2.73. The first-order valence-corrected chi connectivity index (χ1v) is 11.5. The standard InChI is InChI=1S/C25H32F3NO3/c1-17-9-11-19(12-10-17)32-22-14-13-20-18(16-29-15-4-2-3-8-23(30)31)6-5-7-21(20)24(22)25(26,27)28/h5-7,13-14,17,19,29H,2-4,8-12,15-16H2,1H3,(H,30,31). The second kappa shape index (κ2) is 11.0. The monoisotopic (exact) mass is 451 g/mol. The van der Waals surface area contributed by atoms with Gasteiger partial charge in [0.15, 0.2) is 0 Å². The highest BCUT2D eigenvalue weighted by Gasteiger charge is 2.37. The maximum Gasteiger partial charge on any atom is 0.420 e. The molecule has 0 spiro atoms. The number of carbonyl (C=O) groups is 1. The molecule has 0 bridgehead atoms. The zero-order valence-electron chi connectivity index (χ0n) is 18.5. The molecule has 1 aliphatic carbocycles. The SMILES string of the molecule is CC1CCC(Oc2ccc3c(CNCCCCCC(=O)O)cccc3c2C(F)(F)F)CC1. The van der Waals surface area contributed by atoms with Crippen molar-refractivity contribution in [2.45, 2.75) is 77.1 Å². The van der Waals surface area contributed by atoms with Gasteiger partial charge in [-0.2, -0.15) is 13.2 Å². The van der Waals surface area contributed by atoms with Crippen molar-refractivity contribution in [3.63, 3.8) is 0 Å². The molecular weight excluding hydrogens is 419 g/mol. The topological polar surface area (TPSA) is 58.6 Å². The van der Waals surface area contributed by atoms with Crippen molar-refractivity contribution in [3.8, 4) is 5.75 Å². The number of carboxylic acid groups (broad SMARTS) is 1. The summed E-state index contributed by atoms with van der Waals surface area (Å²) in [6.45, 7) is 3.30. The summed E-state index contributed by atoms with van der Waals surface area (Å²) >= 11 is 0. The summed E-state index contributed by atoms with van der Waals surface area (Å²) < 4.78 is 48.1. The van der Waals surface area contributed by atoms with Crippen molar-refractivity contribution < 1.29 is 27.8 Å². The number of unbranched alkanes of at least 4 members (excludes halogenated alkanes) is 2. The number of fused-ring (bicyclic) bond motifs is 1. The van der Waals surface area contributed by atoms with Crippen LogP contribution < -0.4 is 10.1 Å². The van der Waals surface area contributed by atoms with Crippen LogP contribution in [0.2, 0.25) is 0 Å². The number of benzene rings is 2. The van der Waals surface area contributed by atoms with Gasteiger partial charge in [0.1, 0.15) is 11.3 Å². The first kappa shape index (κ1) is 24.4. The molecule has 7 heteroatoms. The summed E-state index contributed by atoms with van der Waals surface area (Å²) in [4.78, 5) is 10.5. The lowest BCUT2D eigenvalue weighted by molar-refractivity contribution is -0.138. The van der Waals surface area contributed by atoms with Crippen molar-refractivity contribution >= 4 is 16.7 Å². The van der Waals surface area contributed by atoms with Crippen molar-refractivity contribution in [1.29, 1.82) is 0 Å². The van der Waals surface area contributed by atoms with Crippen LogP contribution in [-0.4, -0.2) is 23.7 Å². The zero-order chi connectivity index (χ0) is 23.1. The third kappa shape index (κ3) is 6.61. The maximum absolute atomic E-state index is 14.1. The van der Waals surface area contributed by atoms with Crippen molar-refractivity contribution in [3.05, 3.63) is 41.5 Å². The lowest BCUT2D eigenvalue weighted by Gasteiger charge is -2.28. The summed E-state index contributed by atoms with van der Waals surface area (Å²) in [6.07, 6.45) is 1.26. The molecule has 0 saturated heterocycles. The van der Waals surface area contributed by atoms with E-state index >= 15 is 0 Å². The van der Waals surface area contributed by atoms with Crippen molar-refractivity contribution in [2.24, 2.45) is 5.92 Å². The van der Waals surface area contributed by atoms with Gasteiger partial charge in [0, 0.05) is 13.0 Å². The van der Waals surface area contributed by atoms with Crippen LogP contribution in [0, 0.1) is 5.92 Å². The number of nitrogens with one attached hydrogen (secondary N) is 1. The third-order valence-electron chi connectivity index (χ3n) is 6.21. The molecule has 32 heavy (non-hydrogen) atoms. The van der Waals surface area contributed by atoms with Crippen LogP contribution in [0.1, 0.15) is 69.4 Å². The summed E-state index contributed by atoms with van der Waals surface area (Å²) in [7, 11) is 0. The Kier molecular flexibility index (Phi) is 8.40. The number of hydrogen-bond donors (Lipinski definition) is 2. The molecule has 0 aliphatic heterocycles. The number of halogens is 3. The Labute approximate surface area is 187 Å². The van der Waals surface area contributed by atoms with Crippen LogP contribution in [0.15, 0.2) is 30.3 Å². The summed E-state index contributed by atoms with van der Waals surface area (Å²) in [5.41, 5.74) is 0.112. The van der Waals surface area contributed by atoms with Gasteiger partial charge in [0.25, 0.3) is 0 Å². The predicted octanol–water partition coefficient (Wildman–Crippen LogP) is 6.55. The van der Waals surface area contributed by atoms with Gasteiger partial charge in [-0.05, 0) is 73.4 Å². The highest BCUT2D eigenvalue weighted by Crippen LogP contribution is 2.43. The van der Waals surface area contributed by atoms with Gasteiger partial charge in [-0.25, -0.2) is 0 Å². The summed E-state index contributed by atoms with van der Waals surface area (Å²) in [6, 6.07) is 8.22. The molecule has 2 N–H and O–H groups in total. The van der Waals surface area contributed by atoms with E-state index in [1.165, 1.54) is 12.1 Å². The fourth-order valence-corrected chi connectivity index (χ4v) is 4.40.